The molecule has 86 valence electrons. The molecule has 16 heavy (non-hydrogen) atoms. The number of amides is 2. The van der Waals surface area contributed by atoms with E-state index in [0.717, 1.165) is 0 Å². The van der Waals surface area contributed by atoms with Gasteiger partial charge in [0, 0.05) is 13.1 Å². The molecule has 2 amide bonds. The summed E-state index contributed by atoms with van der Waals surface area (Å²) in [6, 6.07) is 0. The van der Waals surface area contributed by atoms with Crippen molar-refractivity contribution in [3.8, 4) is 0 Å². The minimum absolute atomic E-state index is 0.0531. The Kier molecular flexibility index (Phi) is 2.71. The number of hydrogen-bond donors (Lipinski definition) is 2. The molecular weight excluding hydrogens is 212 g/mol. The number of hydrogen-bond acceptors (Lipinski definition) is 5. The number of nitrogens with zero attached hydrogens (tertiary/aromatic N) is 4. The third-order valence-electron chi connectivity index (χ3n) is 2.24. The molecule has 8 heteroatoms. The number of nitrogens with two attached hydrogens (primary N) is 1. The highest BCUT2D eigenvalue weighted by atomic mass is 16.2. The largest absolute Gasteiger partial charge is 0.367 e. The lowest BCUT2D eigenvalue weighted by Gasteiger charge is -2.26. The molecule has 1 saturated heterocycles. The quantitative estimate of drug-likeness (QED) is 0.594. The molecule has 0 unspecified atom stereocenters. The second kappa shape index (κ2) is 4.17. The SMILES string of the molecule is Nc1ncn(CC(=O)N2CCNC(=O)C2)n1. The minimum Gasteiger partial charge on any atom is -0.367 e. The lowest BCUT2D eigenvalue weighted by molar-refractivity contribution is -0.138. The van der Waals surface area contributed by atoms with Crippen molar-refractivity contribution in [1.82, 2.24) is 25.0 Å². The van der Waals surface area contributed by atoms with E-state index in [1.54, 1.807) is 0 Å². The predicted octanol–water partition coefficient (Wildman–Crippen LogP) is -2.18. The highest BCUT2D eigenvalue weighted by molar-refractivity contribution is 5.85. The Morgan fingerprint density at radius 1 is 1.62 bits per heavy atom. The molecular formula is C8H12N6O2. The van der Waals surface area contributed by atoms with Crippen LogP contribution in [0.2, 0.25) is 0 Å². The molecule has 0 atom stereocenters. The van der Waals surface area contributed by atoms with Crippen LogP contribution in [-0.2, 0) is 16.1 Å². The van der Waals surface area contributed by atoms with E-state index < -0.39 is 0 Å². The van der Waals surface area contributed by atoms with Gasteiger partial charge in [0.05, 0.1) is 6.54 Å². The van der Waals surface area contributed by atoms with Crippen LogP contribution in [0.3, 0.4) is 0 Å². The van der Waals surface area contributed by atoms with Crippen LogP contribution in [-0.4, -0.2) is 51.1 Å². The van der Waals surface area contributed by atoms with E-state index in [-0.39, 0.29) is 30.9 Å². The normalized spacial score (nSPS) is 16.0. The average Bonchev–Trinajstić information content (AvgIpc) is 2.64. The van der Waals surface area contributed by atoms with E-state index in [2.05, 4.69) is 15.4 Å². The van der Waals surface area contributed by atoms with Crippen molar-refractivity contribution in [2.75, 3.05) is 25.4 Å². The Morgan fingerprint density at radius 3 is 3.06 bits per heavy atom. The van der Waals surface area contributed by atoms with Crippen LogP contribution in [0.1, 0.15) is 0 Å². The number of nitrogens with one attached hydrogen (secondary N) is 1. The third kappa shape index (κ3) is 2.27. The molecule has 0 aromatic carbocycles. The third-order valence-corrected chi connectivity index (χ3v) is 2.24. The molecule has 0 aliphatic carbocycles. The Balaban J connectivity index is 1.94. The van der Waals surface area contributed by atoms with Gasteiger partial charge in [-0.05, 0) is 0 Å². The Labute approximate surface area is 91.4 Å². The van der Waals surface area contributed by atoms with Crippen molar-refractivity contribution in [2.24, 2.45) is 0 Å². The molecule has 0 radical (unpaired) electrons. The van der Waals surface area contributed by atoms with Crippen molar-refractivity contribution in [1.29, 1.82) is 0 Å². The van der Waals surface area contributed by atoms with Gasteiger partial charge in [-0.15, -0.1) is 5.10 Å². The van der Waals surface area contributed by atoms with Gasteiger partial charge in [-0.25, -0.2) is 9.67 Å². The fraction of sp³-hybridized carbons (Fsp3) is 0.500. The van der Waals surface area contributed by atoms with E-state index in [0.29, 0.717) is 13.1 Å². The Morgan fingerprint density at radius 2 is 2.44 bits per heavy atom. The maximum Gasteiger partial charge on any atom is 0.244 e. The van der Waals surface area contributed by atoms with Crippen LogP contribution < -0.4 is 11.1 Å². The van der Waals surface area contributed by atoms with Crippen LogP contribution in [0, 0.1) is 0 Å². The van der Waals surface area contributed by atoms with Crippen LogP contribution in [0.4, 0.5) is 5.95 Å². The second-order valence-corrected chi connectivity index (χ2v) is 3.47. The van der Waals surface area contributed by atoms with Gasteiger partial charge in [0.2, 0.25) is 17.8 Å². The summed E-state index contributed by atoms with van der Waals surface area (Å²) in [5, 5.41) is 6.45. The molecule has 1 aromatic heterocycles. The van der Waals surface area contributed by atoms with Crippen LogP contribution in [0.15, 0.2) is 6.33 Å². The summed E-state index contributed by atoms with van der Waals surface area (Å²) in [5.41, 5.74) is 5.32. The molecule has 1 aromatic rings. The Bertz CT molecular complexity index is 414. The molecule has 3 N–H and O–H groups in total. The molecule has 0 bridgehead atoms. The second-order valence-electron chi connectivity index (χ2n) is 3.47. The Hall–Kier alpha value is -2.12. The van der Waals surface area contributed by atoms with Crippen LogP contribution in [0.5, 0.6) is 0 Å². The molecule has 2 rings (SSSR count). The number of carbonyl (C=O) groups excluding carboxylic acids is 2. The lowest BCUT2D eigenvalue weighted by Crippen LogP contribution is -2.50. The van der Waals surface area contributed by atoms with Gasteiger partial charge in [-0.3, -0.25) is 9.59 Å². The fourth-order valence-electron chi connectivity index (χ4n) is 1.48. The molecule has 2 heterocycles. The maximum absolute atomic E-state index is 11.7. The van der Waals surface area contributed by atoms with E-state index in [4.69, 9.17) is 5.73 Å². The van der Waals surface area contributed by atoms with Crippen molar-refractivity contribution < 1.29 is 9.59 Å². The number of carbonyl (C=O) groups is 2. The highest BCUT2D eigenvalue weighted by Crippen LogP contribution is 1.97. The summed E-state index contributed by atoms with van der Waals surface area (Å²) >= 11 is 0. The van der Waals surface area contributed by atoms with Gasteiger partial charge >= 0.3 is 0 Å². The molecule has 1 aliphatic rings. The lowest BCUT2D eigenvalue weighted by atomic mass is 10.3. The molecule has 8 nitrogen and oxygen atoms in total. The molecule has 0 saturated carbocycles. The van der Waals surface area contributed by atoms with Gasteiger partial charge in [0.25, 0.3) is 0 Å². The highest BCUT2D eigenvalue weighted by Gasteiger charge is 2.21. The van der Waals surface area contributed by atoms with E-state index in [9.17, 15) is 9.59 Å². The van der Waals surface area contributed by atoms with Crippen LogP contribution in [0.25, 0.3) is 0 Å². The number of anilines is 1. The van der Waals surface area contributed by atoms with E-state index in [1.807, 2.05) is 0 Å². The van der Waals surface area contributed by atoms with Crippen molar-refractivity contribution >= 4 is 17.8 Å². The first kappa shape index (κ1) is 10.4. The summed E-state index contributed by atoms with van der Waals surface area (Å²) < 4.78 is 1.35. The molecule has 1 fully saturated rings. The van der Waals surface area contributed by atoms with Gasteiger partial charge in [0.1, 0.15) is 12.9 Å². The first-order valence-corrected chi connectivity index (χ1v) is 4.84. The predicted molar refractivity (Wildman–Crippen MR) is 54.0 cm³/mol. The average molecular weight is 224 g/mol. The zero-order chi connectivity index (χ0) is 11.5. The van der Waals surface area contributed by atoms with Crippen LogP contribution >= 0.6 is 0 Å². The minimum atomic E-state index is -0.167. The standard InChI is InChI=1S/C8H12N6O2/c9-8-11-5-14(12-8)4-7(16)13-2-1-10-6(15)3-13/h5H,1-4H2,(H2,9,12)(H,10,15). The van der Waals surface area contributed by atoms with Gasteiger partial charge < -0.3 is 16.0 Å². The van der Waals surface area contributed by atoms with Gasteiger partial charge in [-0.1, -0.05) is 0 Å². The molecule has 1 aliphatic heterocycles. The topological polar surface area (TPSA) is 106 Å². The summed E-state index contributed by atoms with van der Waals surface area (Å²) in [4.78, 5) is 28.0. The first-order valence-electron chi connectivity index (χ1n) is 4.84. The maximum atomic E-state index is 11.7. The summed E-state index contributed by atoms with van der Waals surface area (Å²) in [6.07, 6.45) is 1.39. The van der Waals surface area contributed by atoms with Gasteiger partial charge in [-0.2, -0.15) is 0 Å². The first-order chi connectivity index (χ1) is 7.65. The molecule has 0 spiro atoms. The number of aromatic nitrogens is 3. The summed E-state index contributed by atoms with van der Waals surface area (Å²) in [7, 11) is 0. The van der Waals surface area contributed by atoms with Crippen molar-refractivity contribution in [2.45, 2.75) is 6.54 Å². The number of rotatable bonds is 2. The number of nitrogen functional groups attached to an aromatic ring is 1. The monoisotopic (exact) mass is 224 g/mol. The summed E-state index contributed by atoms with van der Waals surface area (Å²) in [6.45, 7) is 1.17. The van der Waals surface area contributed by atoms with Gasteiger partial charge in [0.15, 0.2) is 0 Å². The summed E-state index contributed by atoms with van der Waals surface area (Å²) in [5.74, 6) is -0.179. The number of piperazine rings is 1. The van der Waals surface area contributed by atoms with E-state index in [1.165, 1.54) is 15.9 Å². The smallest absolute Gasteiger partial charge is 0.244 e. The van der Waals surface area contributed by atoms with Crippen molar-refractivity contribution in [3.63, 3.8) is 0 Å². The zero-order valence-corrected chi connectivity index (χ0v) is 8.59. The van der Waals surface area contributed by atoms with E-state index >= 15 is 0 Å². The van der Waals surface area contributed by atoms with Crippen molar-refractivity contribution in [3.05, 3.63) is 6.33 Å². The zero-order valence-electron chi connectivity index (χ0n) is 8.59. The fourth-order valence-corrected chi connectivity index (χ4v) is 1.48.